The summed E-state index contributed by atoms with van der Waals surface area (Å²) in [5.74, 6) is 0. The summed E-state index contributed by atoms with van der Waals surface area (Å²) in [4.78, 5) is 12.3. The van der Waals surface area contributed by atoms with Crippen molar-refractivity contribution in [3.05, 3.63) is 23.8 Å². The van der Waals surface area contributed by atoms with E-state index in [1.807, 2.05) is 0 Å². The molecule has 0 N–H and O–H groups in total. The van der Waals surface area contributed by atoms with Crippen molar-refractivity contribution in [2.75, 3.05) is 0 Å². The van der Waals surface area contributed by atoms with E-state index in [1.54, 1.807) is 0 Å². The summed E-state index contributed by atoms with van der Waals surface area (Å²) in [5.41, 5.74) is 0.652. The van der Waals surface area contributed by atoms with Gasteiger partial charge in [-0.15, -0.1) is 10.2 Å². The number of aromatic nitrogens is 6. The van der Waals surface area contributed by atoms with E-state index in [0.717, 1.165) is 35.0 Å². The Balaban J connectivity index is 2.29. The minimum Gasteiger partial charge on any atom is -0.243 e. The summed E-state index contributed by atoms with van der Waals surface area (Å²) in [5, 5.41) is 14.9. The van der Waals surface area contributed by atoms with Gasteiger partial charge < -0.3 is 0 Å². The molecule has 0 aliphatic heterocycles. The van der Waals surface area contributed by atoms with Gasteiger partial charge in [0, 0.05) is 0 Å². The summed E-state index contributed by atoms with van der Waals surface area (Å²) in [6.07, 6.45) is 7.41. The predicted octanol–water partition coefficient (Wildman–Crippen LogP) is 3.34. The van der Waals surface area contributed by atoms with Crippen molar-refractivity contribution in [2.45, 2.75) is 42.8 Å². The van der Waals surface area contributed by atoms with Crippen molar-refractivity contribution in [1.29, 1.82) is 0 Å². The molecule has 0 atom stereocenters. The van der Waals surface area contributed by atoms with Crippen LogP contribution < -0.4 is 0 Å². The molecule has 0 amide bonds. The van der Waals surface area contributed by atoms with Gasteiger partial charge in [-0.2, -0.15) is 9.36 Å². The third kappa shape index (κ3) is 3.97. The Morgan fingerprint density at radius 2 is 2.00 bits per heavy atom. The molecule has 0 aliphatic rings. The highest BCUT2D eigenvalue weighted by molar-refractivity contribution is 6.66. The maximum Gasteiger partial charge on any atom is 0.372 e. The molecule has 0 radical (unpaired) electrons. The average Bonchev–Trinajstić information content (AvgIpc) is 3.11. The minimum atomic E-state index is -1.74. The van der Waals surface area contributed by atoms with Crippen LogP contribution in [0.4, 0.5) is 4.79 Å². The number of unbranched alkanes of at least 4 members (excludes halogenated alkanes) is 3. The van der Waals surface area contributed by atoms with Gasteiger partial charge >= 0.3 is 6.03 Å². The third-order valence-corrected chi connectivity index (χ3v) is 3.64. The maximum absolute atomic E-state index is 12.3. The summed E-state index contributed by atoms with van der Waals surface area (Å²) in [6, 6.07) is -0.518. The summed E-state index contributed by atoms with van der Waals surface area (Å²) < 4.78 is 0.422. The van der Waals surface area contributed by atoms with E-state index in [1.165, 1.54) is 12.4 Å². The van der Waals surface area contributed by atoms with Gasteiger partial charge in [0.2, 0.25) is 3.79 Å². The van der Waals surface area contributed by atoms with Crippen LogP contribution in [0.3, 0.4) is 0 Å². The number of carbonyl (C=O) groups excluding carboxylic acids is 1. The van der Waals surface area contributed by atoms with Crippen LogP contribution in [-0.2, 0) is 10.2 Å². The fraction of sp³-hybridized carbons (Fsp3) is 0.583. The first kappa shape index (κ1) is 17.2. The third-order valence-electron chi connectivity index (χ3n) is 3.10. The molecule has 2 heterocycles. The second kappa shape index (κ2) is 7.39. The van der Waals surface area contributed by atoms with E-state index in [9.17, 15) is 4.79 Å². The van der Waals surface area contributed by atoms with Crippen molar-refractivity contribution in [3.8, 4) is 0 Å². The van der Waals surface area contributed by atoms with Crippen molar-refractivity contribution >= 4 is 40.8 Å². The molecule has 120 valence electrons. The zero-order chi connectivity index (χ0) is 16.2. The first-order chi connectivity index (χ1) is 10.4. The Bertz CT molecular complexity index is 619. The highest BCUT2D eigenvalue weighted by Crippen LogP contribution is 2.39. The Hall–Kier alpha value is -1.18. The SMILES string of the molecule is CCCCCCc1c(C(Cl)(Cl)Cl)nnn1C(=O)n1ccnn1. The van der Waals surface area contributed by atoms with Gasteiger partial charge in [0.05, 0.1) is 18.1 Å². The molecule has 0 unspecified atom stereocenters. The average molecular weight is 366 g/mol. The van der Waals surface area contributed by atoms with Crippen LogP contribution in [0, 0.1) is 0 Å². The molecular weight excluding hydrogens is 351 g/mol. The lowest BCUT2D eigenvalue weighted by atomic mass is 10.1. The highest BCUT2D eigenvalue weighted by Gasteiger charge is 2.33. The van der Waals surface area contributed by atoms with E-state index < -0.39 is 9.82 Å². The van der Waals surface area contributed by atoms with Crippen molar-refractivity contribution in [1.82, 2.24) is 30.0 Å². The molecule has 2 rings (SSSR count). The summed E-state index contributed by atoms with van der Waals surface area (Å²) in [7, 11) is 0. The number of nitrogens with zero attached hydrogens (tertiary/aromatic N) is 6. The molecule has 10 heteroatoms. The number of hydrogen-bond acceptors (Lipinski definition) is 5. The van der Waals surface area contributed by atoms with Crippen LogP contribution in [0.2, 0.25) is 0 Å². The van der Waals surface area contributed by atoms with Crippen LogP contribution in [0.1, 0.15) is 44.0 Å². The van der Waals surface area contributed by atoms with E-state index in [4.69, 9.17) is 34.8 Å². The first-order valence-electron chi connectivity index (χ1n) is 6.88. The fourth-order valence-electron chi connectivity index (χ4n) is 2.03. The van der Waals surface area contributed by atoms with Gasteiger partial charge in [0.25, 0.3) is 0 Å². The van der Waals surface area contributed by atoms with Crippen LogP contribution in [0.5, 0.6) is 0 Å². The highest BCUT2D eigenvalue weighted by atomic mass is 35.6. The smallest absolute Gasteiger partial charge is 0.243 e. The van der Waals surface area contributed by atoms with E-state index >= 15 is 0 Å². The van der Waals surface area contributed by atoms with Crippen LogP contribution in [-0.4, -0.2) is 36.0 Å². The molecule has 22 heavy (non-hydrogen) atoms. The van der Waals surface area contributed by atoms with Gasteiger partial charge in [-0.05, 0) is 12.8 Å². The topological polar surface area (TPSA) is 78.5 Å². The van der Waals surface area contributed by atoms with Gasteiger partial charge in [-0.25, -0.2) is 4.79 Å². The lowest BCUT2D eigenvalue weighted by Crippen LogP contribution is -2.24. The second-order valence-electron chi connectivity index (χ2n) is 4.74. The molecule has 0 fully saturated rings. The molecule has 0 aromatic carbocycles. The molecule has 2 aromatic rings. The largest absolute Gasteiger partial charge is 0.372 e. The monoisotopic (exact) mass is 364 g/mol. The Morgan fingerprint density at radius 1 is 1.23 bits per heavy atom. The second-order valence-corrected chi connectivity index (χ2v) is 7.02. The first-order valence-corrected chi connectivity index (χ1v) is 8.01. The van der Waals surface area contributed by atoms with Gasteiger partial charge in [0.1, 0.15) is 5.69 Å². The maximum atomic E-state index is 12.3. The molecule has 7 nitrogen and oxygen atoms in total. The molecule has 0 saturated heterocycles. The predicted molar refractivity (Wildman–Crippen MR) is 83.3 cm³/mol. The molecule has 0 spiro atoms. The minimum absolute atomic E-state index is 0.169. The lowest BCUT2D eigenvalue weighted by molar-refractivity contribution is 0.236. The Kier molecular flexibility index (Phi) is 5.77. The van der Waals surface area contributed by atoms with Crippen molar-refractivity contribution in [3.63, 3.8) is 0 Å². The zero-order valence-electron chi connectivity index (χ0n) is 11.9. The van der Waals surface area contributed by atoms with Crippen LogP contribution in [0.15, 0.2) is 12.4 Å². The Morgan fingerprint density at radius 3 is 2.59 bits per heavy atom. The van der Waals surface area contributed by atoms with Crippen LogP contribution in [0.25, 0.3) is 0 Å². The van der Waals surface area contributed by atoms with Gasteiger partial charge in [-0.1, -0.05) is 71.4 Å². The van der Waals surface area contributed by atoms with Gasteiger partial charge in [-0.3, -0.25) is 0 Å². The molecule has 0 aliphatic carbocycles. The quantitative estimate of drug-likeness (QED) is 0.600. The van der Waals surface area contributed by atoms with Crippen molar-refractivity contribution in [2.24, 2.45) is 0 Å². The number of alkyl halides is 3. The van der Waals surface area contributed by atoms with Gasteiger partial charge in [0.15, 0.2) is 0 Å². The van der Waals surface area contributed by atoms with E-state index in [2.05, 4.69) is 27.5 Å². The number of hydrogen-bond donors (Lipinski definition) is 0. The normalized spacial score (nSPS) is 11.8. The molecular formula is C12H15Cl3N6O. The molecule has 2 aromatic heterocycles. The lowest BCUT2D eigenvalue weighted by Gasteiger charge is -2.11. The zero-order valence-corrected chi connectivity index (χ0v) is 14.2. The molecule has 0 bridgehead atoms. The number of rotatable bonds is 5. The molecule has 0 saturated carbocycles. The van der Waals surface area contributed by atoms with Crippen molar-refractivity contribution < 1.29 is 4.79 Å². The number of carbonyl (C=O) groups is 1. The Labute approximate surface area is 142 Å². The van der Waals surface area contributed by atoms with Crippen LogP contribution >= 0.6 is 34.8 Å². The summed E-state index contributed by atoms with van der Waals surface area (Å²) in [6.45, 7) is 2.12. The number of halogens is 3. The standard InChI is InChI=1S/C12H15Cl3N6O/c1-2-3-4-5-6-9-10(12(13,14)15)17-19-21(9)11(22)20-8-7-16-18-20/h7-8H,2-6H2,1H3. The summed E-state index contributed by atoms with van der Waals surface area (Å²) >= 11 is 17.7. The van der Waals surface area contributed by atoms with E-state index in [0.29, 0.717) is 12.1 Å². The van der Waals surface area contributed by atoms with E-state index in [-0.39, 0.29) is 5.69 Å². The fourth-order valence-corrected chi connectivity index (χ4v) is 2.47.